The summed E-state index contributed by atoms with van der Waals surface area (Å²) in [5, 5.41) is 3.41. The number of likely N-dealkylation sites (tertiary alicyclic amines) is 1. The third-order valence-electron chi connectivity index (χ3n) is 6.83. The second kappa shape index (κ2) is 11.8. The second-order valence-electron chi connectivity index (χ2n) is 11.0. The number of benzene rings is 1. The van der Waals surface area contributed by atoms with Crippen LogP contribution in [0.5, 0.6) is 0 Å². The van der Waals surface area contributed by atoms with Crippen LogP contribution in [-0.4, -0.2) is 61.3 Å². The molecule has 2 fully saturated rings. The minimum Gasteiger partial charge on any atom is -0.340 e. The van der Waals surface area contributed by atoms with Gasteiger partial charge in [0.1, 0.15) is 0 Å². The molecule has 2 aliphatic rings. The average Bonchev–Trinajstić information content (AvgIpc) is 3.62. The number of rotatable bonds is 11. The zero-order valence-electron chi connectivity index (χ0n) is 21.7. The maximum atomic E-state index is 13.6. The summed E-state index contributed by atoms with van der Waals surface area (Å²) in [6, 6.07) is 2.93. The number of hydrogen-bond donors (Lipinski definition) is 1. The van der Waals surface area contributed by atoms with Crippen LogP contribution in [0, 0.1) is 11.8 Å². The van der Waals surface area contributed by atoms with Crippen molar-refractivity contribution in [2.75, 3.05) is 19.6 Å². The molecule has 0 aromatic heterocycles. The maximum Gasteiger partial charge on any atom is 0.416 e. The molecule has 1 aliphatic heterocycles. The summed E-state index contributed by atoms with van der Waals surface area (Å²) in [6.45, 7) is 9.95. The average molecular weight is 532 g/mol. The van der Waals surface area contributed by atoms with E-state index in [1.165, 1.54) is 10.4 Å². The fourth-order valence-electron chi connectivity index (χ4n) is 4.85. The standard InChI is InChI=1S/C26H40F3N3O3S/c1-18(2)12-13-30-24(15-19(3)4)25(33)31-14-6-8-22(17-31)32(21-10-11-21)36(34,35)23-9-5-7-20(16-23)26(27,28)29/h5,7,9,16,18-19,21-22,24,30H,6,8,10-15,17H2,1-4H3. The summed E-state index contributed by atoms with van der Waals surface area (Å²) in [4.78, 5) is 14.9. The van der Waals surface area contributed by atoms with Crippen LogP contribution < -0.4 is 5.32 Å². The molecule has 1 heterocycles. The third-order valence-corrected chi connectivity index (χ3v) is 8.83. The Balaban J connectivity index is 1.80. The van der Waals surface area contributed by atoms with Gasteiger partial charge >= 0.3 is 6.18 Å². The topological polar surface area (TPSA) is 69.7 Å². The number of halogens is 3. The van der Waals surface area contributed by atoms with Gasteiger partial charge in [-0.05, 0) is 75.1 Å². The molecule has 2 atom stereocenters. The highest BCUT2D eigenvalue weighted by atomic mass is 32.2. The lowest BCUT2D eigenvalue weighted by molar-refractivity contribution is -0.138. The van der Waals surface area contributed by atoms with Crippen LogP contribution in [-0.2, 0) is 21.0 Å². The highest BCUT2D eigenvalue weighted by molar-refractivity contribution is 7.89. The smallest absolute Gasteiger partial charge is 0.340 e. The zero-order chi connectivity index (χ0) is 26.7. The van der Waals surface area contributed by atoms with Crippen molar-refractivity contribution in [3.63, 3.8) is 0 Å². The van der Waals surface area contributed by atoms with Gasteiger partial charge in [-0.15, -0.1) is 0 Å². The monoisotopic (exact) mass is 531 g/mol. The molecule has 1 aliphatic carbocycles. The molecule has 1 amide bonds. The number of carbonyl (C=O) groups excluding carboxylic acids is 1. The van der Waals surface area contributed by atoms with Crippen molar-refractivity contribution in [1.82, 2.24) is 14.5 Å². The molecule has 0 radical (unpaired) electrons. The molecule has 1 aromatic rings. The summed E-state index contributed by atoms with van der Waals surface area (Å²) in [6.07, 6.45) is -0.406. The SMILES string of the molecule is CC(C)CCNC(CC(C)C)C(=O)N1CCCC(N(C2CC2)S(=O)(=O)c2cccc(C(F)(F)F)c2)C1. The number of nitrogens with one attached hydrogen (secondary N) is 1. The molecule has 6 nitrogen and oxygen atoms in total. The highest BCUT2D eigenvalue weighted by Crippen LogP contribution is 2.38. The van der Waals surface area contributed by atoms with Gasteiger partial charge in [-0.2, -0.15) is 17.5 Å². The first kappa shape index (κ1) is 28.9. The molecular formula is C26H40F3N3O3S. The first-order valence-corrected chi connectivity index (χ1v) is 14.5. The Morgan fingerprint density at radius 1 is 1.11 bits per heavy atom. The van der Waals surface area contributed by atoms with Gasteiger partial charge in [0.2, 0.25) is 15.9 Å². The number of hydrogen-bond acceptors (Lipinski definition) is 4. The van der Waals surface area contributed by atoms with Crippen LogP contribution in [0.25, 0.3) is 0 Å². The minimum atomic E-state index is -4.63. The number of alkyl halides is 3. The summed E-state index contributed by atoms with van der Waals surface area (Å²) in [7, 11) is -4.15. The third kappa shape index (κ3) is 7.44. The van der Waals surface area contributed by atoms with Crippen molar-refractivity contribution in [2.45, 2.75) is 95.4 Å². The first-order chi connectivity index (χ1) is 16.8. The van der Waals surface area contributed by atoms with Crippen molar-refractivity contribution in [3.05, 3.63) is 29.8 Å². The maximum absolute atomic E-state index is 13.6. The van der Waals surface area contributed by atoms with Crippen LogP contribution in [0.3, 0.4) is 0 Å². The van der Waals surface area contributed by atoms with Gasteiger partial charge in [0.05, 0.1) is 16.5 Å². The van der Waals surface area contributed by atoms with Crippen LogP contribution in [0.15, 0.2) is 29.2 Å². The minimum absolute atomic E-state index is 0.0237. The van der Waals surface area contributed by atoms with E-state index in [9.17, 15) is 26.4 Å². The lowest BCUT2D eigenvalue weighted by Gasteiger charge is -2.40. The number of sulfonamides is 1. The highest BCUT2D eigenvalue weighted by Gasteiger charge is 2.45. The van der Waals surface area contributed by atoms with Gasteiger partial charge in [-0.3, -0.25) is 4.79 Å². The quantitative estimate of drug-likeness (QED) is 0.441. The van der Waals surface area contributed by atoms with Gasteiger partial charge in [-0.1, -0.05) is 33.8 Å². The first-order valence-electron chi connectivity index (χ1n) is 13.0. The Labute approximate surface area is 213 Å². The molecule has 1 saturated heterocycles. The van der Waals surface area contributed by atoms with E-state index in [2.05, 4.69) is 33.0 Å². The lowest BCUT2D eigenvalue weighted by atomic mass is 9.99. The van der Waals surface area contributed by atoms with E-state index in [0.717, 1.165) is 25.1 Å². The van der Waals surface area contributed by atoms with E-state index in [4.69, 9.17) is 0 Å². The molecular weight excluding hydrogens is 491 g/mol. The van der Waals surface area contributed by atoms with Crippen LogP contribution >= 0.6 is 0 Å². The Kier molecular flexibility index (Phi) is 9.49. The predicted octanol–water partition coefficient (Wildman–Crippen LogP) is 4.90. The summed E-state index contributed by atoms with van der Waals surface area (Å²) >= 11 is 0. The lowest BCUT2D eigenvalue weighted by Crippen LogP contribution is -2.56. The van der Waals surface area contributed by atoms with Crippen molar-refractivity contribution >= 4 is 15.9 Å². The van der Waals surface area contributed by atoms with Gasteiger partial charge in [-0.25, -0.2) is 8.42 Å². The predicted molar refractivity (Wildman–Crippen MR) is 134 cm³/mol. The molecule has 1 aromatic carbocycles. The molecule has 1 N–H and O–H groups in total. The Bertz CT molecular complexity index is 994. The fourth-order valence-corrected chi connectivity index (χ4v) is 6.78. The van der Waals surface area contributed by atoms with Crippen LogP contribution in [0.2, 0.25) is 0 Å². The van der Waals surface area contributed by atoms with E-state index in [1.54, 1.807) is 4.90 Å². The van der Waals surface area contributed by atoms with E-state index >= 15 is 0 Å². The Morgan fingerprint density at radius 3 is 2.39 bits per heavy atom. The second-order valence-corrected chi connectivity index (χ2v) is 12.8. The molecule has 2 unspecified atom stereocenters. The van der Waals surface area contributed by atoms with Crippen LogP contribution in [0.4, 0.5) is 13.2 Å². The molecule has 3 rings (SSSR count). The normalized spacial score (nSPS) is 20.4. The summed E-state index contributed by atoms with van der Waals surface area (Å²) in [5.74, 6) is 0.805. The zero-order valence-corrected chi connectivity index (χ0v) is 22.5. The van der Waals surface area contributed by atoms with Crippen molar-refractivity contribution in [2.24, 2.45) is 11.8 Å². The van der Waals surface area contributed by atoms with Crippen LogP contribution in [0.1, 0.15) is 71.8 Å². The fraction of sp³-hybridized carbons (Fsp3) is 0.731. The molecule has 0 bridgehead atoms. The number of carbonyl (C=O) groups is 1. The van der Waals surface area contributed by atoms with Gasteiger partial charge < -0.3 is 10.2 Å². The van der Waals surface area contributed by atoms with Crippen molar-refractivity contribution in [3.8, 4) is 0 Å². The number of piperidine rings is 1. The van der Waals surface area contributed by atoms with E-state index in [1.807, 2.05) is 0 Å². The van der Waals surface area contributed by atoms with Crippen molar-refractivity contribution in [1.29, 1.82) is 0 Å². The van der Waals surface area contributed by atoms with Gasteiger partial charge in [0.15, 0.2) is 0 Å². The molecule has 0 spiro atoms. The number of amides is 1. The Hall–Kier alpha value is -1.65. The van der Waals surface area contributed by atoms with Gasteiger partial charge in [0.25, 0.3) is 0 Å². The van der Waals surface area contributed by atoms with E-state index in [0.29, 0.717) is 56.6 Å². The Morgan fingerprint density at radius 2 is 1.81 bits per heavy atom. The van der Waals surface area contributed by atoms with Crippen molar-refractivity contribution < 1.29 is 26.4 Å². The molecule has 1 saturated carbocycles. The largest absolute Gasteiger partial charge is 0.416 e. The molecule has 10 heteroatoms. The molecule has 36 heavy (non-hydrogen) atoms. The van der Waals surface area contributed by atoms with E-state index in [-0.39, 0.29) is 29.4 Å². The van der Waals surface area contributed by atoms with E-state index < -0.39 is 27.8 Å². The molecule has 204 valence electrons. The summed E-state index contributed by atoms with van der Waals surface area (Å²) < 4.78 is 68.4. The summed E-state index contributed by atoms with van der Waals surface area (Å²) in [5.41, 5.74) is -0.983. The number of nitrogens with zero attached hydrogens (tertiary/aromatic N) is 2. The van der Waals surface area contributed by atoms with Gasteiger partial charge in [0, 0.05) is 25.2 Å².